The van der Waals surface area contributed by atoms with Gasteiger partial charge in [0.25, 0.3) is 0 Å². The maximum Gasteiger partial charge on any atom is 0.133 e. The van der Waals surface area contributed by atoms with E-state index in [4.69, 9.17) is 14.2 Å². The Labute approximate surface area is 118 Å². The van der Waals surface area contributed by atoms with Crippen LogP contribution in [-0.2, 0) is 14.2 Å². The summed E-state index contributed by atoms with van der Waals surface area (Å²) in [7, 11) is 0. The van der Waals surface area contributed by atoms with Crippen molar-refractivity contribution in [2.75, 3.05) is 6.61 Å². The number of fused-ring (bicyclic) bond motifs is 1. The lowest BCUT2D eigenvalue weighted by Crippen LogP contribution is -1.92. The Balaban J connectivity index is 2.31. The molecule has 0 fully saturated rings. The zero-order chi connectivity index (χ0) is 13.9. The average Bonchev–Trinajstić information content (AvgIpc) is 2.54. The van der Waals surface area contributed by atoms with Crippen LogP contribution in [0, 0.1) is 0 Å². The topological polar surface area (TPSA) is 27.7 Å². The molecular weight excluding hydrogens is 252 g/mol. The number of rotatable bonds is 0. The first-order chi connectivity index (χ1) is 9.97. The highest BCUT2D eigenvalue weighted by Gasteiger charge is 2.02. The van der Waals surface area contributed by atoms with E-state index in [0.717, 1.165) is 5.57 Å². The molecule has 3 nitrogen and oxygen atoms in total. The van der Waals surface area contributed by atoms with Crippen LogP contribution in [0.5, 0.6) is 0 Å². The molecule has 1 aliphatic heterocycles. The maximum absolute atomic E-state index is 5.60. The van der Waals surface area contributed by atoms with E-state index in [0.29, 0.717) is 12.4 Å². The van der Waals surface area contributed by atoms with Crippen molar-refractivity contribution in [3.05, 3.63) is 97.1 Å². The van der Waals surface area contributed by atoms with Crippen LogP contribution in [0.4, 0.5) is 0 Å². The van der Waals surface area contributed by atoms with Gasteiger partial charge in [0, 0.05) is 5.57 Å². The van der Waals surface area contributed by atoms with Crippen molar-refractivity contribution < 1.29 is 14.2 Å². The van der Waals surface area contributed by atoms with E-state index in [1.165, 1.54) is 25.0 Å². The molecule has 0 spiro atoms. The van der Waals surface area contributed by atoms with Gasteiger partial charge in [-0.15, -0.1) is 0 Å². The summed E-state index contributed by atoms with van der Waals surface area (Å²) in [6.07, 6.45) is 25.3. The Kier molecular flexibility index (Phi) is 5.79. The van der Waals surface area contributed by atoms with Crippen LogP contribution in [0.2, 0.25) is 0 Å². The minimum atomic E-state index is 0.436. The van der Waals surface area contributed by atoms with E-state index in [9.17, 15) is 0 Å². The summed E-state index contributed by atoms with van der Waals surface area (Å²) in [4.78, 5) is 0. The fourth-order valence-electron chi connectivity index (χ4n) is 1.52. The lowest BCUT2D eigenvalue weighted by Gasteiger charge is -2.07. The molecule has 0 aromatic heterocycles. The molecule has 1 heterocycles. The van der Waals surface area contributed by atoms with Gasteiger partial charge in [-0.25, -0.2) is 0 Å². The van der Waals surface area contributed by atoms with Crippen molar-refractivity contribution in [1.82, 2.24) is 0 Å². The summed E-state index contributed by atoms with van der Waals surface area (Å²) in [5.41, 5.74) is 0.932. The third-order valence-electron chi connectivity index (χ3n) is 2.43. The van der Waals surface area contributed by atoms with Gasteiger partial charge in [0.15, 0.2) is 0 Å². The van der Waals surface area contributed by atoms with Gasteiger partial charge in [0.05, 0.1) is 0 Å². The van der Waals surface area contributed by atoms with E-state index in [1.54, 1.807) is 0 Å². The van der Waals surface area contributed by atoms with Gasteiger partial charge in [-0.3, -0.25) is 0 Å². The SMILES string of the molecule is C1=C\C=C/C=C2\O/C=C\O/C=C\OC/C=C2/C=C\C=C/1. The normalized spacial score (nSPS) is 33.2. The number of hydrogen-bond acceptors (Lipinski definition) is 3. The first kappa shape index (κ1) is 13.7. The second-order valence-corrected chi connectivity index (χ2v) is 3.84. The molecule has 2 rings (SSSR count). The first-order valence-electron chi connectivity index (χ1n) is 6.29. The van der Waals surface area contributed by atoms with Crippen molar-refractivity contribution in [2.45, 2.75) is 0 Å². The van der Waals surface area contributed by atoms with Crippen molar-refractivity contribution >= 4 is 0 Å². The molecule has 102 valence electrons. The highest BCUT2D eigenvalue weighted by Crippen LogP contribution is 2.15. The molecule has 0 aromatic rings. The monoisotopic (exact) mass is 268 g/mol. The number of hydrogen-bond donors (Lipinski definition) is 0. The van der Waals surface area contributed by atoms with Crippen LogP contribution in [0.25, 0.3) is 0 Å². The molecule has 0 radical (unpaired) electrons. The lowest BCUT2D eigenvalue weighted by molar-refractivity contribution is 0.267. The summed E-state index contributed by atoms with van der Waals surface area (Å²) in [5, 5.41) is 0. The van der Waals surface area contributed by atoms with Crippen molar-refractivity contribution in [3.63, 3.8) is 0 Å². The molecule has 3 heteroatoms. The van der Waals surface area contributed by atoms with Gasteiger partial charge in [-0.1, -0.05) is 48.6 Å². The van der Waals surface area contributed by atoms with E-state index < -0.39 is 0 Å². The molecular formula is C17H16O3. The van der Waals surface area contributed by atoms with Crippen LogP contribution in [0.3, 0.4) is 0 Å². The molecule has 0 amide bonds. The fourth-order valence-corrected chi connectivity index (χ4v) is 1.52. The van der Waals surface area contributed by atoms with Gasteiger partial charge < -0.3 is 14.2 Å². The largest absolute Gasteiger partial charge is 0.494 e. The molecule has 1 aliphatic carbocycles. The molecule has 0 N–H and O–H groups in total. The highest BCUT2D eigenvalue weighted by atomic mass is 16.5. The smallest absolute Gasteiger partial charge is 0.133 e. The third-order valence-corrected chi connectivity index (χ3v) is 2.43. The van der Waals surface area contributed by atoms with E-state index >= 15 is 0 Å². The Hall–Kier alpha value is -2.68. The lowest BCUT2D eigenvalue weighted by atomic mass is 10.1. The Bertz CT molecular complexity index is 541. The Morgan fingerprint density at radius 1 is 0.750 bits per heavy atom. The predicted octanol–water partition coefficient (Wildman–Crippen LogP) is 4.04. The summed E-state index contributed by atoms with van der Waals surface area (Å²) in [5.74, 6) is 0.714. The molecule has 2 aliphatic rings. The molecule has 0 unspecified atom stereocenters. The van der Waals surface area contributed by atoms with Crippen LogP contribution in [0.1, 0.15) is 0 Å². The van der Waals surface area contributed by atoms with Gasteiger partial charge in [-0.2, -0.15) is 0 Å². The van der Waals surface area contributed by atoms with Crippen LogP contribution >= 0.6 is 0 Å². The Morgan fingerprint density at radius 2 is 1.50 bits per heavy atom. The summed E-state index contributed by atoms with van der Waals surface area (Å²) in [6.45, 7) is 0.436. The minimum Gasteiger partial charge on any atom is -0.494 e. The van der Waals surface area contributed by atoms with Crippen LogP contribution in [-0.4, -0.2) is 6.61 Å². The van der Waals surface area contributed by atoms with Crippen molar-refractivity contribution in [2.24, 2.45) is 0 Å². The zero-order valence-electron chi connectivity index (χ0n) is 11.0. The summed E-state index contributed by atoms with van der Waals surface area (Å²) >= 11 is 0. The third kappa shape index (κ3) is 4.90. The van der Waals surface area contributed by atoms with Crippen molar-refractivity contribution in [1.29, 1.82) is 0 Å². The number of allylic oxidation sites excluding steroid dienone is 9. The fraction of sp³-hybridized carbons (Fsp3) is 0.0588. The van der Waals surface area contributed by atoms with Gasteiger partial charge in [0.1, 0.15) is 37.4 Å². The minimum absolute atomic E-state index is 0.436. The average molecular weight is 268 g/mol. The molecule has 0 atom stereocenters. The Morgan fingerprint density at radius 3 is 2.40 bits per heavy atom. The molecule has 0 bridgehead atoms. The first-order valence-corrected chi connectivity index (χ1v) is 6.29. The number of ether oxygens (including phenoxy) is 3. The zero-order valence-corrected chi connectivity index (χ0v) is 11.0. The van der Waals surface area contributed by atoms with Gasteiger partial charge >= 0.3 is 0 Å². The quantitative estimate of drug-likeness (QED) is 0.663. The second kappa shape index (κ2) is 8.43. The van der Waals surface area contributed by atoms with E-state index in [2.05, 4.69) is 0 Å². The van der Waals surface area contributed by atoms with E-state index in [1.807, 2.05) is 60.8 Å². The summed E-state index contributed by atoms with van der Waals surface area (Å²) in [6, 6.07) is 0. The van der Waals surface area contributed by atoms with E-state index in [-0.39, 0.29) is 0 Å². The molecule has 0 aromatic carbocycles. The predicted molar refractivity (Wildman–Crippen MR) is 79.1 cm³/mol. The molecule has 0 saturated carbocycles. The highest BCUT2D eigenvalue weighted by molar-refractivity contribution is 5.40. The second-order valence-electron chi connectivity index (χ2n) is 3.84. The van der Waals surface area contributed by atoms with Crippen LogP contribution < -0.4 is 0 Å². The van der Waals surface area contributed by atoms with Gasteiger partial charge in [-0.05, 0) is 12.2 Å². The van der Waals surface area contributed by atoms with Crippen molar-refractivity contribution in [3.8, 4) is 0 Å². The standard InChI is InChI=1S/C17H16O3/c1-2-4-6-8-16-10-11-18-12-13-19-14-15-20-17(16)9-7-5-3-1/h1-10,12-15H,11H2/b3-1-,4-2-,7-5-,8-6-,13-12-,15-14-,16-10-,17-9-. The van der Waals surface area contributed by atoms with Gasteiger partial charge in [0.2, 0.25) is 0 Å². The summed E-state index contributed by atoms with van der Waals surface area (Å²) < 4.78 is 15.9. The maximum atomic E-state index is 5.60. The molecule has 0 saturated heterocycles. The van der Waals surface area contributed by atoms with Crippen LogP contribution in [0.15, 0.2) is 97.1 Å². The molecule has 20 heavy (non-hydrogen) atoms.